The molecular weight excluding hydrogens is 316 g/mol. The first-order chi connectivity index (χ1) is 12.2. The third-order valence-electron chi connectivity index (χ3n) is 5.84. The predicted molar refractivity (Wildman–Crippen MR) is 95.8 cm³/mol. The molecule has 1 N–H and O–H groups in total. The summed E-state index contributed by atoms with van der Waals surface area (Å²) in [4.78, 5) is 26.7. The molecule has 4 rings (SSSR count). The van der Waals surface area contributed by atoms with Crippen molar-refractivity contribution >= 4 is 17.5 Å². The Kier molecular flexibility index (Phi) is 4.64. The van der Waals surface area contributed by atoms with Crippen molar-refractivity contribution in [2.24, 2.45) is 5.92 Å². The van der Waals surface area contributed by atoms with E-state index >= 15 is 0 Å². The second-order valence-electron chi connectivity index (χ2n) is 7.55. The van der Waals surface area contributed by atoms with Crippen molar-refractivity contribution in [1.29, 1.82) is 0 Å². The van der Waals surface area contributed by atoms with Crippen molar-refractivity contribution in [3.8, 4) is 5.75 Å². The van der Waals surface area contributed by atoms with Crippen LogP contribution >= 0.6 is 0 Å². The first-order valence-corrected chi connectivity index (χ1v) is 9.59. The maximum Gasteiger partial charge on any atom is 0.262 e. The van der Waals surface area contributed by atoms with Gasteiger partial charge >= 0.3 is 0 Å². The van der Waals surface area contributed by atoms with Gasteiger partial charge in [-0.1, -0.05) is 38.2 Å². The summed E-state index contributed by atoms with van der Waals surface area (Å²) in [7, 11) is 0. The van der Waals surface area contributed by atoms with E-state index in [0.717, 1.165) is 31.7 Å². The van der Waals surface area contributed by atoms with E-state index in [4.69, 9.17) is 4.74 Å². The number of nitrogens with one attached hydrogen (secondary N) is 1. The number of para-hydroxylation sites is 1. The van der Waals surface area contributed by atoms with E-state index < -0.39 is 0 Å². The van der Waals surface area contributed by atoms with Gasteiger partial charge in [-0.15, -0.1) is 0 Å². The summed E-state index contributed by atoms with van der Waals surface area (Å²) in [6.45, 7) is 0.801. The highest BCUT2D eigenvalue weighted by molar-refractivity contribution is 6.03. The lowest BCUT2D eigenvalue weighted by Crippen LogP contribution is -2.37. The molecule has 5 nitrogen and oxygen atoms in total. The van der Waals surface area contributed by atoms with Gasteiger partial charge in [0.15, 0.2) is 12.4 Å². The number of fused-ring (bicyclic) bond motifs is 1. The number of anilines is 1. The molecule has 1 aliphatic carbocycles. The first kappa shape index (κ1) is 16.4. The molecule has 0 aromatic heterocycles. The van der Waals surface area contributed by atoms with Gasteiger partial charge in [0.2, 0.25) is 0 Å². The molecule has 0 bridgehead atoms. The van der Waals surface area contributed by atoms with E-state index in [1.165, 1.54) is 32.1 Å². The molecule has 1 atom stereocenters. The van der Waals surface area contributed by atoms with Crippen molar-refractivity contribution in [2.75, 3.05) is 18.5 Å². The van der Waals surface area contributed by atoms with Crippen molar-refractivity contribution in [3.63, 3.8) is 0 Å². The number of nitrogens with zero attached hydrogens (tertiary/aromatic N) is 1. The molecule has 0 unspecified atom stereocenters. The van der Waals surface area contributed by atoms with E-state index in [2.05, 4.69) is 5.32 Å². The van der Waals surface area contributed by atoms with Crippen LogP contribution < -0.4 is 10.1 Å². The quantitative estimate of drug-likeness (QED) is 0.913. The Hall–Kier alpha value is -2.04. The average molecular weight is 342 g/mol. The van der Waals surface area contributed by atoms with E-state index in [0.29, 0.717) is 23.0 Å². The van der Waals surface area contributed by atoms with Gasteiger partial charge in [0.25, 0.3) is 11.8 Å². The van der Waals surface area contributed by atoms with Crippen molar-refractivity contribution in [3.05, 3.63) is 23.8 Å². The van der Waals surface area contributed by atoms with E-state index in [-0.39, 0.29) is 18.4 Å². The first-order valence-electron chi connectivity index (χ1n) is 9.59. The smallest absolute Gasteiger partial charge is 0.262 e. The highest BCUT2D eigenvalue weighted by atomic mass is 16.5. The summed E-state index contributed by atoms with van der Waals surface area (Å²) in [5.41, 5.74) is 1.18. The lowest BCUT2D eigenvalue weighted by Gasteiger charge is -2.31. The molecule has 3 aliphatic rings. The van der Waals surface area contributed by atoms with E-state index in [1.807, 2.05) is 17.0 Å². The minimum Gasteiger partial charge on any atom is -0.481 e. The average Bonchev–Trinajstić information content (AvgIpc) is 3.09. The van der Waals surface area contributed by atoms with Crippen LogP contribution in [0, 0.1) is 5.92 Å². The summed E-state index contributed by atoms with van der Waals surface area (Å²) < 4.78 is 5.57. The molecule has 1 saturated carbocycles. The second-order valence-corrected chi connectivity index (χ2v) is 7.55. The van der Waals surface area contributed by atoms with Crippen LogP contribution in [0.15, 0.2) is 18.2 Å². The number of hydrogen-bond donors (Lipinski definition) is 1. The Bertz CT molecular complexity index is 667. The van der Waals surface area contributed by atoms with Crippen LogP contribution in [-0.2, 0) is 4.79 Å². The SMILES string of the molecule is O=C1COc2c(cccc2C(=O)N2CCC[C@H]2CC2CCCCC2)N1. The molecule has 1 aromatic carbocycles. The Morgan fingerprint density at radius 2 is 2.00 bits per heavy atom. The summed E-state index contributed by atoms with van der Waals surface area (Å²) in [6, 6.07) is 5.76. The zero-order valence-electron chi connectivity index (χ0n) is 14.6. The van der Waals surface area contributed by atoms with Crippen LogP contribution in [0.5, 0.6) is 5.75 Å². The van der Waals surface area contributed by atoms with Gasteiger partial charge in [0.1, 0.15) is 0 Å². The highest BCUT2D eigenvalue weighted by Gasteiger charge is 2.34. The largest absolute Gasteiger partial charge is 0.481 e. The maximum absolute atomic E-state index is 13.2. The number of carbonyl (C=O) groups is 2. The number of rotatable bonds is 3. The van der Waals surface area contributed by atoms with Crippen LogP contribution in [0.4, 0.5) is 5.69 Å². The van der Waals surface area contributed by atoms with E-state index in [9.17, 15) is 9.59 Å². The van der Waals surface area contributed by atoms with Gasteiger partial charge in [-0.05, 0) is 37.3 Å². The van der Waals surface area contributed by atoms with Gasteiger partial charge in [-0.25, -0.2) is 0 Å². The van der Waals surface area contributed by atoms with Crippen LogP contribution in [0.2, 0.25) is 0 Å². The van der Waals surface area contributed by atoms with Gasteiger partial charge in [-0.3, -0.25) is 9.59 Å². The summed E-state index contributed by atoms with van der Waals surface area (Å²) in [5.74, 6) is 1.17. The third kappa shape index (κ3) is 3.37. The Morgan fingerprint density at radius 1 is 1.16 bits per heavy atom. The maximum atomic E-state index is 13.2. The fourth-order valence-corrected chi connectivity index (χ4v) is 4.59. The minimum atomic E-state index is -0.173. The monoisotopic (exact) mass is 342 g/mol. The molecule has 2 fully saturated rings. The van der Waals surface area contributed by atoms with Gasteiger partial charge in [0, 0.05) is 12.6 Å². The Balaban J connectivity index is 1.52. The van der Waals surface area contributed by atoms with Crippen molar-refractivity contribution in [1.82, 2.24) is 4.90 Å². The molecular formula is C20H26N2O3. The van der Waals surface area contributed by atoms with Crippen LogP contribution in [-0.4, -0.2) is 35.9 Å². The number of likely N-dealkylation sites (tertiary alicyclic amines) is 1. The molecule has 0 radical (unpaired) electrons. The molecule has 1 saturated heterocycles. The van der Waals surface area contributed by atoms with Crippen LogP contribution in [0.1, 0.15) is 61.7 Å². The number of carbonyl (C=O) groups excluding carboxylic acids is 2. The van der Waals surface area contributed by atoms with Gasteiger partial charge in [0.05, 0.1) is 11.3 Å². The second kappa shape index (κ2) is 7.06. The van der Waals surface area contributed by atoms with E-state index in [1.54, 1.807) is 6.07 Å². The van der Waals surface area contributed by atoms with Gasteiger partial charge < -0.3 is 15.0 Å². The fraction of sp³-hybridized carbons (Fsp3) is 0.600. The Labute approximate surface area is 148 Å². The topological polar surface area (TPSA) is 58.6 Å². The zero-order chi connectivity index (χ0) is 17.2. The van der Waals surface area contributed by atoms with Gasteiger partial charge in [-0.2, -0.15) is 0 Å². The molecule has 2 heterocycles. The fourth-order valence-electron chi connectivity index (χ4n) is 4.59. The van der Waals surface area contributed by atoms with Crippen molar-refractivity contribution < 1.29 is 14.3 Å². The number of amides is 2. The standard InChI is InChI=1S/C20H26N2O3/c23-18-13-25-19-16(9-4-10-17(19)21-18)20(24)22-11-5-8-15(22)12-14-6-2-1-3-7-14/h4,9-10,14-15H,1-3,5-8,11-13H2,(H,21,23)/t15-/m0/s1. The molecule has 0 spiro atoms. The number of ether oxygens (including phenoxy) is 1. The number of hydrogen-bond acceptors (Lipinski definition) is 3. The highest BCUT2D eigenvalue weighted by Crippen LogP contribution is 2.36. The lowest BCUT2D eigenvalue weighted by molar-refractivity contribution is -0.118. The molecule has 2 amide bonds. The van der Waals surface area contributed by atoms with Crippen LogP contribution in [0.25, 0.3) is 0 Å². The summed E-state index contributed by atoms with van der Waals surface area (Å²) >= 11 is 0. The predicted octanol–water partition coefficient (Wildman–Crippen LogP) is 3.59. The molecule has 2 aliphatic heterocycles. The lowest BCUT2D eigenvalue weighted by atomic mass is 9.84. The third-order valence-corrected chi connectivity index (χ3v) is 5.84. The summed E-state index contributed by atoms with van der Waals surface area (Å²) in [5, 5.41) is 2.79. The molecule has 1 aromatic rings. The molecule has 25 heavy (non-hydrogen) atoms. The zero-order valence-corrected chi connectivity index (χ0v) is 14.6. The van der Waals surface area contributed by atoms with Crippen LogP contribution in [0.3, 0.4) is 0 Å². The Morgan fingerprint density at radius 3 is 2.84 bits per heavy atom. The minimum absolute atomic E-state index is 0.0250. The summed E-state index contributed by atoms with van der Waals surface area (Å²) in [6.07, 6.45) is 9.99. The van der Waals surface area contributed by atoms with Crippen molar-refractivity contribution in [2.45, 2.75) is 57.4 Å². The molecule has 5 heteroatoms. The normalized spacial score (nSPS) is 23.8. The molecule has 134 valence electrons. The number of benzene rings is 1.